The molecule has 2 atom stereocenters. The monoisotopic (exact) mass is 625 g/mol. The number of hydrogen-bond acceptors (Lipinski definition) is 8. The molecule has 3 heterocycles. The summed E-state index contributed by atoms with van der Waals surface area (Å²) in [6.45, 7) is 6.52. The molecule has 236 valence electrons. The highest BCUT2D eigenvalue weighted by molar-refractivity contribution is 7.91. The van der Waals surface area contributed by atoms with Crippen LogP contribution in [0, 0.1) is 17.8 Å². The minimum Gasteiger partial charge on any atom is -0.447 e. The van der Waals surface area contributed by atoms with Gasteiger partial charge in [0.2, 0.25) is 0 Å². The molecule has 2 aromatic rings. The van der Waals surface area contributed by atoms with E-state index in [1.165, 1.54) is 31.5 Å². The molecular formula is C29H38F3N5O5S. The van der Waals surface area contributed by atoms with Gasteiger partial charge < -0.3 is 15.8 Å². The van der Waals surface area contributed by atoms with Crippen molar-refractivity contribution in [1.29, 1.82) is 0 Å². The van der Waals surface area contributed by atoms with Gasteiger partial charge in [0.15, 0.2) is 9.84 Å². The van der Waals surface area contributed by atoms with E-state index < -0.39 is 40.0 Å². The van der Waals surface area contributed by atoms with Crippen molar-refractivity contribution in [3.8, 4) is 0 Å². The fraction of sp³-hybridized carbons (Fsp3) is 0.586. The first kappa shape index (κ1) is 32.6. The van der Waals surface area contributed by atoms with E-state index in [1.807, 2.05) is 0 Å². The van der Waals surface area contributed by atoms with Crippen molar-refractivity contribution in [3.63, 3.8) is 0 Å². The smallest absolute Gasteiger partial charge is 0.404 e. The van der Waals surface area contributed by atoms with Crippen LogP contribution in [-0.4, -0.2) is 60.4 Å². The number of alkyl halides is 3. The standard InChI is InChI=1S/C29H38F3N5O5S/c1-4-43(40,41)22-9-10-23(34-13-22)24(16-42-28(33)39)36-27(38)19-11-20-15-37(26(17(2)3)25(20)35-12-19)14-18-5-7-21(8-6-18)29(30,31)32/h9-13,17-18,21,24,26H,4-8,14-16H2,1-3H3,(H2,33,39)(H,36,38)/t18?,21?,24-,26+/m1/s1. The number of carbonyl (C=O) groups is 2. The lowest BCUT2D eigenvalue weighted by molar-refractivity contribution is -0.184. The molecule has 14 heteroatoms. The second kappa shape index (κ2) is 13.2. The van der Waals surface area contributed by atoms with Gasteiger partial charge >= 0.3 is 12.3 Å². The van der Waals surface area contributed by atoms with E-state index in [0.717, 1.165) is 11.3 Å². The van der Waals surface area contributed by atoms with Gasteiger partial charge in [-0.05, 0) is 61.3 Å². The van der Waals surface area contributed by atoms with Gasteiger partial charge in [0.1, 0.15) is 12.6 Å². The predicted molar refractivity (Wildman–Crippen MR) is 151 cm³/mol. The number of amides is 2. The number of fused-ring (bicyclic) bond motifs is 1. The number of hydrogen-bond donors (Lipinski definition) is 2. The van der Waals surface area contributed by atoms with Crippen LogP contribution in [0.1, 0.15) is 85.8 Å². The average Bonchev–Trinajstić information content (AvgIpc) is 3.32. The Labute approximate surface area is 249 Å². The molecule has 1 aliphatic carbocycles. The Morgan fingerprint density at radius 2 is 1.84 bits per heavy atom. The maximum Gasteiger partial charge on any atom is 0.404 e. The van der Waals surface area contributed by atoms with Crippen molar-refractivity contribution in [2.45, 2.75) is 76.2 Å². The normalized spacial score (nSPS) is 21.8. The summed E-state index contributed by atoms with van der Waals surface area (Å²) >= 11 is 0. The first-order chi connectivity index (χ1) is 20.2. The number of pyridine rings is 2. The molecule has 0 saturated heterocycles. The lowest BCUT2D eigenvalue weighted by Crippen LogP contribution is -2.35. The summed E-state index contributed by atoms with van der Waals surface area (Å²) in [7, 11) is -3.48. The highest BCUT2D eigenvalue weighted by Gasteiger charge is 2.42. The van der Waals surface area contributed by atoms with Crippen LogP contribution >= 0.6 is 0 Å². The number of ether oxygens (including phenoxy) is 1. The minimum atomic E-state index is -4.14. The summed E-state index contributed by atoms with van der Waals surface area (Å²) in [4.78, 5) is 35.7. The van der Waals surface area contributed by atoms with E-state index in [-0.39, 0.29) is 59.2 Å². The number of sulfone groups is 1. The van der Waals surface area contributed by atoms with E-state index >= 15 is 0 Å². The number of nitrogens with two attached hydrogens (primary N) is 1. The molecule has 2 aliphatic rings. The Hall–Kier alpha value is -3.26. The third-order valence-corrected chi connectivity index (χ3v) is 10.0. The van der Waals surface area contributed by atoms with Crippen molar-refractivity contribution in [2.75, 3.05) is 18.9 Å². The van der Waals surface area contributed by atoms with Crippen LogP contribution in [0.25, 0.3) is 0 Å². The topological polar surface area (TPSA) is 145 Å². The molecule has 3 N–H and O–H groups in total. The predicted octanol–water partition coefficient (Wildman–Crippen LogP) is 4.72. The highest BCUT2D eigenvalue weighted by Crippen LogP contribution is 2.43. The first-order valence-electron chi connectivity index (χ1n) is 14.4. The Morgan fingerprint density at radius 3 is 2.40 bits per heavy atom. The number of halogens is 3. The summed E-state index contributed by atoms with van der Waals surface area (Å²) in [6, 6.07) is 3.62. The van der Waals surface area contributed by atoms with Crippen molar-refractivity contribution >= 4 is 21.8 Å². The van der Waals surface area contributed by atoms with Gasteiger partial charge in [0, 0.05) is 25.5 Å². The average molecular weight is 626 g/mol. The van der Waals surface area contributed by atoms with Crippen LogP contribution in [0.5, 0.6) is 0 Å². The van der Waals surface area contributed by atoms with Crippen LogP contribution in [0.3, 0.4) is 0 Å². The zero-order valence-corrected chi connectivity index (χ0v) is 25.2. The number of primary amides is 1. The van der Waals surface area contributed by atoms with E-state index in [4.69, 9.17) is 10.5 Å². The van der Waals surface area contributed by atoms with Crippen LogP contribution in [0.4, 0.5) is 18.0 Å². The van der Waals surface area contributed by atoms with Crippen LogP contribution < -0.4 is 11.1 Å². The van der Waals surface area contributed by atoms with E-state index in [0.29, 0.717) is 25.9 Å². The molecule has 0 unspecified atom stereocenters. The van der Waals surface area contributed by atoms with Crippen molar-refractivity contribution in [3.05, 3.63) is 53.1 Å². The maximum absolute atomic E-state index is 13.3. The summed E-state index contributed by atoms with van der Waals surface area (Å²) in [5.74, 6) is -1.48. The summed E-state index contributed by atoms with van der Waals surface area (Å²) in [5, 5.41) is 2.77. The minimum absolute atomic E-state index is 0.0220. The Kier molecular flexibility index (Phi) is 10.00. The molecule has 10 nitrogen and oxygen atoms in total. The number of rotatable bonds is 10. The lowest BCUT2D eigenvalue weighted by Gasteiger charge is -2.35. The maximum atomic E-state index is 13.3. The zero-order valence-electron chi connectivity index (χ0n) is 24.4. The van der Waals surface area contributed by atoms with E-state index in [1.54, 1.807) is 6.07 Å². The lowest BCUT2D eigenvalue weighted by atomic mass is 9.81. The Bertz CT molecular complexity index is 1410. The Balaban J connectivity index is 1.48. The molecular weight excluding hydrogens is 587 g/mol. The van der Waals surface area contributed by atoms with Crippen LogP contribution in [0.2, 0.25) is 0 Å². The Morgan fingerprint density at radius 1 is 1.14 bits per heavy atom. The molecule has 0 aromatic carbocycles. The molecule has 2 amide bonds. The van der Waals surface area contributed by atoms with Crippen LogP contribution in [-0.2, 0) is 21.1 Å². The zero-order chi connectivity index (χ0) is 31.5. The summed E-state index contributed by atoms with van der Waals surface area (Å²) in [5.41, 5.74) is 7.38. The second-order valence-electron chi connectivity index (χ2n) is 11.6. The van der Waals surface area contributed by atoms with E-state index in [2.05, 4.69) is 34.0 Å². The molecule has 2 aromatic heterocycles. The van der Waals surface area contributed by atoms with Crippen LogP contribution in [0.15, 0.2) is 35.5 Å². The van der Waals surface area contributed by atoms with Gasteiger partial charge in [-0.1, -0.05) is 20.8 Å². The SMILES string of the molecule is CCS(=O)(=O)c1ccc([C@@H](COC(N)=O)NC(=O)c2cnc3c(c2)CN(CC2CCC(C(F)(F)F)CC2)[C@H]3C(C)C)nc1. The first-order valence-corrected chi connectivity index (χ1v) is 16.1. The van der Waals surface area contributed by atoms with Gasteiger partial charge in [-0.2, -0.15) is 13.2 Å². The van der Waals surface area contributed by atoms with E-state index in [9.17, 15) is 31.2 Å². The number of nitrogens with one attached hydrogen (secondary N) is 1. The number of aromatic nitrogens is 2. The van der Waals surface area contributed by atoms with Gasteiger partial charge in [-0.15, -0.1) is 0 Å². The molecule has 1 fully saturated rings. The largest absolute Gasteiger partial charge is 0.447 e. The van der Waals surface area contributed by atoms with Crippen molar-refractivity contribution < 1.29 is 35.9 Å². The second-order valence-corrected chi connectivity index (χ2v) is 13.9. The number of nitrogens with zero attached hydrogens (tertiary/aromatic N) is 3. The van der Waals surface area contributed by atoms with Gasteiger partial charge in [-0.3, -0.25) is 19.7 Å². The molecule has 1 aliphatic heterocycles. The fourth-order valence-electron chi connectivity index (χ4n) is 6.00. The highest BCUT2D eigenvalue weighted by atomic mass is 32.2. The van der Waals surface area contributed by atoms with Gasteiger partial charge in [0.25, 0.3) is 5.91 Å². The van der Waals surface area contributed by atoms with Gasteiger partial charge in [0.05, 0.1) is 39.6 Å². The van der Waals surface area contributed by atoms with Crippen molar-refractivity contribution in [2.24, 2.45) is 23.5 Å². The molecule has 0 bridgehead atoms. The third-order valence-electron chi connectivity index (χ3n) is 8.30. The molecule has 0 radical (unpaired) electrons. The third kappa shape index (κ3) is 7.83. The van der Waals surface area contributed by atoms with Crippen molar-refractivity contribution in [1.82, 2.24) is 20.2 Å². The quantitative estimate of drug-likeness (QED) is 0.386. The summed E-state index contributed by atoms with van der Waals surface area (Å²) in [6.07, 6.45) is -1.18. The summed E-state index contributed by atoms with van der Waals surface area (Å²) < 4.78 is 68.7. The molecule has 43 heavy (non-hydrogen) atoms. The van der Waals surface area contributed by atoms with Gasteiger partial charge in [-0.25, -0.2) is 13.2 Å². The fourth-order valence-corrected chi connectivity index (χ4v) is 6.83. The number of carbonyl (C=O) groups excluding carboxylic acids is 2. The molecule has 0 spiro atoms. The molecule has 1 saturated carbocycles. The molecule has 4 rings (SSSR count).